The van der Waals surface area contributed by atoms with Crippen LogP contribution in [0.25, 0.3) is 0 Å². The van der Waals surface area contributed by atoms with Crippen molar-refractivity contribution in [3.8, 4) is 5.75 Å². The van der Waals surface area contributed by atoms with Crippen molar-refractivity contribution in [2.75, 3.05) is 38.3 Å². The van der Waals surface area contributed by atoms with Crippen LogP contribution in [0.5, 0.6) is 5.75 Å². The van der Waals surface area contributed by atoms with Crippen molar-refractivity contribution >= 4 is 21.4 Å². The molecule has 0 radical (unpaired) electrons. The highest BCUT2D eigenvalue weighted by Gasteiger charge is 2.15. The zero-order valence-corrected chi connectivity index (χ0v) is 16.1. The second kappa shape index (κ2) is 9.48. The number of carbonyl (C=O) groups is 1. The van der Waals surface area contributed by atoms with Crippen molar-refractivity contribution in [2.24, 2.45) is 0 Å². The van der Waals surface area contributed by atoms with Crippen molar-refractivity contribution in [2.45, 2.75) is 11.3 Å². The van der Waals surface area contributed by atoms with Gasteiger partial charge in [0, 0.05) is 11.8 Å². The number of hydrogen-bond acceptors (Lipinski definition) is 5. The van der Waals surface area contributed by atoms with Crippen LogP contribution < -0.4 is 10.1 Å². The van der Waals surface area contributed by atoms with Gasteiger partial charge in [-0.25, -0.2) is 12.8 Å². The van der Waals surface area contributed by atoms with Gasteiger partial charge in [-0.3, -0.25) is 9.69 Å². The fourth-order valence-electron chi connectivity index (χ4n) is 2.51. The maximum atomic E-state index is 12.9. The van der Waals surface area contributed by atoms with Gasteiger partial charge in [-0.15, -0.1) is 0 Å². The molecular weight excluding hydrogens is 371 g/mol. The first-order chi connectivity index (χ1) is 12.8. The number of methoxy groups -OCH3 is 1. The second-order valence-electron chi connectivity index (χ2n) is 6.14. The van der Waals surface area contributed by atoms with E-state index in [0.29, 0.717) is 24.4 Å². The first-order valence-electron chi connectivity index (χ1n) is 8.41. The van der Waals surface area contributed by atoms with Crippen LogP contribution in [0.3, 0.4) is 0 Å². The normalized spacial score (nSPS) is 11.4. The van der Waals surface area contributed by atoms with Gasteiger partial charge in [0.2, 0.25) is 5.91 Å². The number of likely N-dealkylation sites (N-methyl/N-ethyl adjacent to an activating group) is 1. The average molecular weight is 394 g/mol. The number of nitrogens with one attached hydrogen (secondary N) is 1. The first-order valence-corrected chi connectivity index (χ1v) is 10.1. The summed E-state index contributed by atoms with van der Waals surface area (Å²) in [5.41, 5.74) is 0.631. The number of anilines is 1. The van der Waals surface area contributed by atoms with E-state index >= 15 is 0 Å². The molecule has 0 aliphatic carbocycles. The molecule has 0 unspecified atom stereocenters. The summed E-state index contributed by atoms with van der Waals surface area (Å²) in [6, 6.07) is 11.8. The second-order valence-corrected chi connectivity index (χ2v) is 8.25. The van der Waals surface area contributed by atoms with Gasteiger partial charge in [0.1, 0.15) is 11.6 Å². The maximum Gasteiger partial charge on any atom is 0.238 e. The summed E-state index contributed by atoms with van der Waals surface area (Å²) in [4.78, 5) is 13.9. The summed E-state index contributed by atoms with van der Waals surface area (Å²) in [6.45, 7) is 0.569. The molecule has 0 aromatic heterocycles. The standard InChI is InChI=1S/C19H23FN2O4S/c1-22(14-19(23)21-16-5-3-6-17(13-16)26-2)11-4-12-27(24,25)18-9-7-15(20)8-10-18/h3,5-10,13H,4,11-12,14H2,1-2H3,(H,21,23). The predicted molar refractivity (Wildman–Crippen MR) is 102 cm³/mol. The van der Waals surface area contributed by atoms with Crippen molar-refractivity contribution < 1.29 is 22.3 Å². The Morgan fingerprint density at radius 3 is 2.56 bits per heavy atom. The zero-order chi connectivity index (χ0) is 19.9. The molecule has 0 bridgehead atoms. The Morgan fingerprint density at radius 2 is 1.89 bits per heavy atom. The fraction of sp³-hybridized carbons (Fsp3) is 0.316. The highest BCUT2D eigenvalue weighted by molar-refractivity contribution is 7.91. The molecule has 1 amide bonds. The summed E-state index contributed by atoms with van der Waals surface area (Å²) in [5.74, 6) is -0.101. The first kappa shape index (κ1) is 20.9. The minimum absolute atomic E-state index is 0.0690. The monoisotopic (exact) mass is 394 g/mol. The number of hydrogen-bond donors (Lipinski definition) is 1. The lowest BCUT2D eigenvalue weighted by molar-refractivity contribution is -0.117. The number of halogens is 1. The number of amides is 1. The third-order valence-electron chi connectivity index (χ3n) is 3.89. The van der Waals surface area contributed by atoms with Gasteiger partial charge in [-0.05, 0) is 56.4 Å². The van der Waals surface area contributed by atoms with Gasteiger partial charge in [-0.1, -0.05) is 6.07 Å². The number of sulfone groups is 1. The van der Waals surface area contributed by atoms with E-state index < -0.39 is 15.7 Å². The lowest BCUT2D eigenvalue weighted by atomic mass is 10.3. The van der Waals surface area contributed by atoms with Crippen LogP contribution in [0, 0.1) is 5.82 Å². The lowest BCUT2D eigenvalue weighted by Gasteiger charge is -2.16. The van der Waals surface area contributed by atoms with E-state index in [1.807, 2.05) is 0 Å². The number of nitrogens with zero attached hydrogens (tertiary/aromatic N) is 1. The van der Waals surface area contributed by atoms with E-state index in [1.165, 1.54) is 12.1 Å². The highest BCUT2D eigenvalue weighted by atomic mass is 32.2. The molecule has 0 atom stereocenters. The summed E-state index contributed by atoms with van der Waals surface area (Å²) < 4.78 is 42.4. The molecule has 8 heteroatoms. The third kappa shape index (κ3) is 6.65. The average Bonchev–Trinajstić information content (AvgIpc) is 2.62. The topological polar surface area (TPSA) is 75.7 Å². The smallest absolute Gasteiger partial charge is 0.238 e. The Hall–Kier alpha value is -2.45. The molecule has 0 saturated heterocycles. The Kier molecular flexibility index (Phi) is 7.32. The molecule has 0 saturated carbocycles. The molecule has 2 aromatic carbocycles. The quantitative estimate of drug-likeness (QED) is 0.662. The van der Waals surface area contributed by atoms with Gasteiger partial charge in [-0.2, -0.15) is 0 Å². The molecule has 0 heterocycles. The van der Waals surface area contributed by atoms with Crippen molar-refractivity contribution in [3.63, 3.8) is 0 Å². The Bertz CT molecular complexity index is 870. The summed E-state index contributed by atoms with van der Waals surface area (Å²) in [5, 5.41) is 2.77. The highest BCUT2D eigenvalue weighted by Crippen LogP contribution is 2.16. The Labute approximate surface area is 158 Å². The van der Waals surface area contributed by atoms with Gasteiger partial charge < -0.3 is 10.1 Å². The van der Waals surface area contributed by atoms with Crippen LogP contribution in [-0.4, -0.2) is 52.2 Å². The van der Waals surface area contributed by atoms with Gasteiger partial charge in [0.15, 0.2) is 9.84 Å². The van der Waals surface area contributed by atoms with Crippen LogP contribution in [0.2, 0.25) is 0 Å². The summed E-state index contributed by atoms with van der Waals surface area (Å²) >= 11 is 0. The molecule has 0 spiro atoms. The van der Waals surface area contributed by atoms with Gasteiger partial charge in [0.05, 0.1) is 24.3 Å². The molecule has 0 fully saturated rings. The Balaban J connectivity index is 1.79. The van der Waals surface area contributed by atoms with Crippen molar-refractivity contribution in [3.05, 3.63) is 54.3 Å². The summed E-state index contributed by atoms with van der Waals surface area (Å²) in [6.07, 6.45) is 0.364. The van der Waals surface area contributed by atoms with E-state index in [1.54, 1.807) is 43.3 Å². The largest absolute Gasteiger partial charge is 0.497 e. The third-order valence-corrected chi connectivity index (χ3v) is 5.71. The van der Waals surface area contributed by atoms with E-state index in [9.17, 15) is 17.6 Å². The summed E-state index contributed by atoms with van der Waals surface area (Å²) in [7, 11) is -0.169. The molecule has 27 heavy (non-hydrogen) atoms. The number of carbonyl (C=O) groups excluding carboxylic acids is 1. The van der Waals surface area contributed by atoms with E-state index in [2.05, 4.69) is 5.32 Å². The van der Waals surface area contributed by atoms with Gasteiger partial charge in [0.25, 0.3) is 0 Å². The van der Waals surface area contributed by atoms with E-state index in [0.717, 1.165) is 12.1 Å². The van der Waals surface area contributed by atoms with Crippen LogP contribution in [0.1, 0.15) is 6.42 Å². The SMILES string of the molecule is COc1cccc(NC(=O)CN(C)CCCS(=O)(=O)c2ccc(F)cc2)c1. The van der Waals surface area contributed by atoms with Crippen LogP contribution in [0.15, 0.2) is 53.4 Å². The van der Waals surface area contributed by atoms with E-state index in [4.69, 9.17) is 4.74 Å². The van der Waals surface area contributed by atoms with Crippen LogP contribution >= 0.6 is 0 Å². The molecule has 146 valence electrons. The molecular formula is C19H23FN2O4S. The number of benzene rings is 2. The zero-order valence-electron chi connectivity index (χ0n) is 15.3. The maximum absolute atomic E-state index is 12.9. The fourth-order valence-corrected chi connectivity index (χ4v) is 3.81. The molecule has 0 aliphatic rings. The Morgan fingerprint density at radius 1 is 1.19 bits per heavy atom. The van der Waals surface area contributed by atoms with Crippen molar-refractivity contribution in [1.29, 1.82) is 0 Å². The van der Waals surface area contributed by atoms with Crippen molar-refractivity contribution in [1.82, 2.24) is 4.90 Å². The molecule has 6 nitrogen and oxygen atoms in total. The minimum atomic E-state index is -3.47. The lowest BCUT2D eigenvalue weighted by Crippen LogP contribution is -2.31. The van der Waals surface area contributed by atoms with Gasteiger partial charge >= 0.3 is 0 Å². The molecule has 0 aliphatic heterocycles. The van der Waals surface area contributed by atoms with Crippen LogP contribution in [0.4, 0.5) is 10.1 Å². The minimum Gasteiger partial charge on any atom is -0.497 e. The molecule has 1 N–H and O–H groups in total. The predicted octanol–water partition coefficient (Wildman–Crippen LogP) is 2.57. The van der Waals surface area contributed by atoms with Crippen LogP contribution in [-0.2, 0) is 14.6 Å². The molecule has 2 aromatic rings. The van der Waals surface area contributed by atoms with E-state index in [-0.39, 0.29) is 23.1 Å². The number of rotatable bonds is 9. The molecule has 2 rings (SSSR count). The number of ether oxygens (including phenoxy) is 1.